The molecule has 0 saturated heterocycles. The number of nitro benzene ring substituents is 1. The number of ether oxygens (including phenoxy) is 1. The number of nitrogens with zero attached hydrogens (tertiary/aromatic N) is 3. The summed E-state index contributed by atoms with van der Waals surface area (Å²) in [6.45, 7) is -0.270. The summed E-state index contributed by atoms with van der Waals surface area (Å²) >= 11 is 0. The lowest BCUT2D eigenvalue weighted by Gasteiger charge is -2.06. The van der Waals surface area contributed by atoms with Crippen molar-refractivity contribution in [3.05, 3.63) is 28.4 Å². The molecular weight excluding hydrogens is 240 g/mol. The van der Waals surface area contributed by atoms with Crippen LogP contribution in [0.1, 0.15) is 0 Å². The number of fused-ring (bicyclic) bond motifs is 1. The molecule has 1 aromatic carbocycles. The molecule has 1 heterocycles. The van der Waals surface area contributed by atoms with E-state index in [1.165, 1.54) is 18.3 Å². The topological polar surface area (TPSA) is 124 Å². The van der Waals surface area contributed by atoms with E-state index in [1.54, 1.807) is 0 Å². The Hall–Kier alpha value is -2.48. The smallest absolute Gasteiger partial charge is 0.311 e. The summed E-state index contributed by atoms with van der Waals surface area (Å²) in [6.07, 6.45) is 1.40. The number of hydrogen-bond acceptors (Lipinski definition) is 7. The zero-order valence-corrected chi connectivity index (χ0v) is 9.24. The van der Waals surface area contributed by atoms with Crippen molar-refractivity contribution in [2.24, 2.45) is 0 Å². The van der Waals surface area contributed by atoms with Gasteiger partial charge >= 0.3 is 5.69 Å². The van der Waals surface area contributed by atoms with Crippen LogP contribution in [0.15, 0.2) is 18.3 Å². The quantitative estimate of drug-likeness (QED) is 0.597. The number of hydrogen-bond donors (Lipinski definition) is 2. The Morgan fingerprint density at radius 3 is 2.94 bits per heavy atom. The molecule has 0 aliphatic heterocycles. The van der Waals surface area contributed by atoms with E-state index in [0.29, 0.717) is 10.9 Å². The second kappa shape index (κ2) is 4.80. The van der Waals surface area contributed by atoms with E-state index in [4.69, 9.17) is 15.6 Å². The third-order valence-corrected chi connectivity index (χ3v) is 2.22. The van der Waals surface area contributed by atoms with Gasteiger partial charge in [-0.1, -0.05) is 0 Å². The largest absolute Gasteiger partial charge is 0.484 e. The van der Waals surface area contributed by atoms with Crippen molar-refractivity contribution in [3.63, 3.8) is 0 Å². The van der Waals surface area contributed by atoms with Crippen molar-refractivity contribution in [1.29, 1.82) is 0 Å². The molecule has 0 fully saturated rings. The molecule has 8 heteroatoms. The van der Waals surface area contributed by atoms with E-state index in [-0.39, 0.29) is 30.6 Å². The second-order valence-electron chi connectivity index (χ2n) is 3.44. The molecule has 3 N–H and O–H groups in total. The zero-order valence-electron chi connectivity index (χ0n) is 9.24. The van der Waals surface area contributed by atoms with Crippen LogP contribution in [-0.4, -0.2) is 33.2 Å². The van der Waals surface area contributed by atoms with Crippen molar-refractivity contribution in [3.8, 4) is 5.75 Å². The Bertz CT molecular complexity index is 602. The maximum absolute atomic E-state index is 10.9. The fourth-order valence-electron chi connectivity index (χ4n) is 1.48. The summed E-state index contributed by atoms with van der Waals surface area (Å²) in [7, 11) is 0. The van der Waals surface area contributed by atoms with Crippen LogP contribution in [0.4, 0.5) is 11.6 Å². The highest BCUT2D eigenvalue weighted by Crippen LogP contribution is 2.31. The van der Waals surface area contributed by atoms with Crippen molar-refractivity contribution in [2.75, 3.05) is 18.9 Å². The number of nitro groups is 1. The fourth-order valence-corrected chi connectivity index (χ4v) is 1.48. The number of aliphatic hydroxyl groups is 1. The van der Waals surface area contributed by atoms with Gasteiger partial charge < -0.3 is 15.6 Å². The summed E-state index contributed by atoms with van der Waals surface area (Å²) < 4.78 is 5.10. The average molecular weight is 250 g/mol. The van der Waals surface area contributed by atoms with Gasteiger partial charge in [0.1, 0.15) is 6.61 Å². The summed E-state index contributed by atoms with van der Waals surface area (Å²) in [5, 5.41) is 20.1. The first-order valence-corrected chi connectivity index (χ1v) is 5.06. The minimum atomic E-state index is -0.567. The van der Waals surface area contributed by atoms with E-state index in [0.717, 1.165) is 0 Å². The average Bonchev–Trinajstić information content (AvgIpc) is 2.34. The monoisotopic (exact) mass is 250 g/mol. The molecule has 0 spiro atoms. The first-order valence-electron chi connectivity index (χ1n) is 5.06. The Balaban J connectivity index is 2.57. The van der Waals surface area contributed by atoms with Gasteiger partial charge in [-0.15, -0.1) is 0 Å². The molecule has 0 saturated carbocycles. The zero-order chi connectivity index (χ0) is 13.1. The van der Waals surface area contributed by atoms with Crippen LogP contribution in [0, 0.1) is 10.1 Å². The molecule has 2 aromatic rings. The summed E-state index contributed by atoms with van der Waals surface area (Å²) in [5.41, 5.74) is 5.68. The minimum absolute atomic E-state index is 0.0348. The lowest BCUT2D eigenvalue weighted by atomic mass is 10.2. The number of anilines is 1. The number of aliphatic hydroxyl groups excluding tert-OH is 1. The molecule has 0 radical (unpaired) electrons. The lowest BCUT2D eigenvalue weighted by Crippen LogP contribution is -2.04. The van der Waals surface area contributed by atoms with E-state index in [9.17, 15) is 10.1 Å². The molecule has 0 unspecified atom stereocenters. The maximum atomic E-state index is 10.9. The van der Waals surface area contributed by atoms with Gasteiger partial charge in [-0.05, 0) is 0 Å². The number of nitrogens with two attached hydrogens (primary N) is 1. The molecule has 94 valence electrons. The Kier molecular flexibility index (Phi) is 3.20. The molecule has 1 aromatic heterocycles. The molecule has 0 bridgehead atoms. The Morgan fingerprint density at radius 2 is 2.28 bits per heavy atom. The summed E-state index contributed by atoms with van der Waals surface area (Å²) in [4.78, 5) is 18.0. The van der Waals surface area contributed by atoms with Crippen molar-refractivity contribution >= 4 is 22.5 Å². The molecule has 8 nitrogen and oxygen atoms in total. The third kappa shape index (κ3) is 2.28. The van der Waals surface area contributed by atoms with E-state index < -0.39 is 4.92 Å². The molecule has 2 rings (SSSR count). The molecule has 0 aliphatic carbocycles. The molecule has 18 heavy (non-hydrogen) atoms. The van der Waals surface area contributed by atoms with Crippen molar-refractivity contribution < 1.29 is 14.8 Å². The standard InChI is InChI=1S/C10H10N4O4/c11-10-12-5-6-3-8(14(16)17)9(18-2-1-15)4-7(6)13-10/h3-5,15H,1-2H2,(H2,11,12,13). The van der Waals surface area contributed by atoms with Crippen LogP contribution >= 0.6 is 0 Å². The van der Waals surface area contributed by atoms with Gasteiger partial charge in [-0.2, -0.15) is 0 Å². The Labute approximate surface area is 101 Å². The van der Waals surface area contributed by atoms with Crippen LogP contribution in [0.3, 0.4) is 0 Å². The summed E-state index contributed by atoms with van der Waals surface area (Å²) in [6, 6.07) is 2.71. The van der Waals surface area contributed by atoms with Gasteiger partial charge in [-0.3, -0.25) is 10.1 Å². The number of nitrogen functional groups attached to an aromatic ring is 1. The minimum Gasteiger partial charge on any atom is -0.484 e. The highest BCUT2D eigenvalue weighted by atomic mass is 16.6. The van der Waals surface area contributed by atoms with Gasteiger partial charge in [-0.25, -0.2) is 9.97 Å². The van der Waals surface area contributed by atoms with Crippen LogP contribution < -0.4 is 10.5 Å². The fraction of sp³-hybridized carbons (Fsp3) is 0.200. The van der Waals surface area contributed by atoms with Crippen LogP contribution in [0.2, 0.25) is 0 Å². The van der Waals surface area contributed by atoms with Gasteiger partial charge in [0.2, 0.25) is 5.95 Å². The predicted molar refractivity (Wildman–Crippen MR) is 63.2 cm³/mol. The van der Waals surface area contributed by atoms with Crippen molar-refractivity contribution in [1.82, 2.24) is 9.97 Å². The Morgan fingerprint density at radius 1 is 1.50 bits per heavy atom. The highest BCUT2D eigenvalue weighted by Gasteiger charge is 2.17. The van der Waals surface area contributed by atoms with E-state index in [2.05, 4.69) is 9.97 Å². The first kappa shape index (κ1) is 12.0. The maximum Gasteiger partial charge on any atom is 0.311 e. The highest BCUT2D eigenvalue weighted by molar-refractivity contribution is 5.83. The molecule has 0 amide bonds. The summed E-state index contributed by atoms with van der Waals surface area (Å²) in [5.74, 6) is 0.115. The van der Waals surface area contributed by atoms with Gasteiger partial charge in [0.25, 0.3) is 0 Å². The second-order valence-corrected chi connectivity index (χ2v) is 3.44. The van der Waals surface area contributed by atoms with Crippen molar-refractivity contribution in [2.45, 2.75) is 0 Å². The number of rotatable bonds is 4. The normalized spacial score (nSPS) is 10.5. The molecule has 0 atom stereocenters. The van der Waals surface area contributed by atoms with Crippen LogP contribution in [0.5, 0.6) is 5.75 Å². The van der Waals surface area contributed by atoms with E-state index in [1.807, 2.05) is 0 Å². The van der Waals surface area contributed by atoms with Crippen LogP contribution in [-0.2, 0) is 0 Å². The third-order valence-electron chi connectivity index (χ3n) is 2.22. The predicted octanol–water partition coefficient (Wildman–Crippen LogP) is 0.491. The van der Waals surface area contributed by atoms with Gasteiger partial charge in [0.05, 0.1) is 17.0 Å². The van der Waals surface area contributed by atoms with Crippen LogP contribution in [0.25, 0.3) is 10.9 Å². The molecular formula is C10H10N4O4. The SMILES string of the molecule is Nc1ncc2cc([N+](=O)[O-])c(OCCO)cc2n1. The first-order chi connectivity index (χ1) is 8.61. The number of aromatic nitrogens is 2. The lowest BCUT2D eigenvalue weighted by molar-refractivity contribution is -0.385. The molecule has 0 aliphatic rings. The van der Waals surface area contributed by atoms with Gasteiger partial charge in [0, 0.05) is 23.7 Å². The van der Waals surface area contributed by atoms with E-state index >= 15 is 0 Å². The van der Waals surface area contributed by atoms with Gasteiger partial charge in [0.15, 0.2) is 5.75 Å². The number of benzene rings is 1.